The Hall–Kier alpha value is -2.34. The number of benzene rings is 2. The second-order valence-electron chi connectivity index (χ2n) is 5.66. The normalized spacial score (nSPS) is 11.0. The van der Waals surface area contributed by atoms with Gasteiger partial charge in [0.15, 0.2) is 10.9 Å². The van der Waals surface area contributed by atoms with Gasteiger partial charge in [0.25, 0.3) is 0 Å². The number of anilines is 2. The van der Waals surface area contributed by atoms with Gasteiger partial charge in [0, 0.05) is 5.69 Å². The number of carbonyl (C=O) groups is 1. The van der Waals surface area contributed by atoms with E-state index >= 15 is 0 Å². The molecule has 3 aromatic rings. The molecule has 0 spiro atoms. The number of thiazole rings is 1. The average molecular weight is 419 g/mol. The predicted octanol–water partition coefficient (Wildman–Crippen LogP) is 6.41. The van der Waals surface area contributed by atoms with Crippen LogP contribution in [0.15, 0.2) is 48.5 Å². The van der Waals surface area contributed by atoms with E-state index in [0.717, 1.165) is 17.0 Å². The lowest BCUT2D eigenvalue weighted by molar-refractivity contribution is 0.105. The number of ether oxygens (including phenoxy) is 1. The van der Waals surface area contributed by atoms with Gasteiger partial charge in [-0.05, 0) is 48.9 Å². The first-order valence-corrected chi connectivity index (χ1v) is 9.59. The highest BCUT2D eigenvalue weighted by atomic mass is 35.5. The van der Waals surface area contributed by atoms with Gasteiger partial charge in [-0.15, -0.1) is 0 Å². The molecule has 0 bridgehead atoms. The van der Waals surface area contributed by atoms with Gasteiger partial charge in [0.1, 0.15) is 5.75 Å². The third-order valence-electron chi connectivity index (χ3n) is 3.71. The highest BCUT2D eigenvalue weighted by Gasteiger charge is 2.13. The molecular formula is C20H16Cl2N2O2S. The van der Waals surface area contributed by atoms with Crippen LogP contribution in [0.3, 0.4) is 0 Å². The number of methoxy groups -OCH3 is 1. The molecule has 27 heavy (non-hydrogen) atoms. The van der Waals surface area contributed by atoms with E-state index in [0.29, 0.717) is 25.7 Å². The van der Waals surface area contributed by atoms with Gasteiger partial charge >= 0.3 is 0 Å². The number of halogens is 2. The van der Waals surface area contributed by atoms with Crippen molar-refractivity contribution in [3.63, 3.8) is 0 Å². The number of hydrogen-bond acceptors (Lipinski definition) is 5. The minimum atomic E-state index is -0.102. The lowest BCUT2D eigenvalue weighted by Gasteiger charge is -2.03. The molecule has 0 radical (unpaired) electrons. The maximum absolute atomic E-state index is 12.5. The summed E-state index contributed by atoms with van der Waals surface area (Å²) in [6.07, 6.45) is 3.30. The Balaban J connectivity index is 1.75. The van der Waals surface area contributed by atoms with Gasteiger partial charge in [0.2, 0.25) is 0 Å². The van der Waals surface area contributed by atoms with Gasteiger partial charge in [0.05, 0.1) is 27.7 Å². The number of aryl methyl sites for hydroxylation is 1. The highest BCUT2D eigenvalue weighted by Crippen LogP contribution is 2.30. The first-order valence-electron chi connectivity index (χ1n) is 8.02. The van der Waals surface area contributed by atoms with Crippen molar-refractivity contribution in [2.75, 3.05) is 12.4 Å². The Morgan fingerprint density at radius 3 is 2.74 bits per heavy atom. The Morgan fingerprint density at radius 1 is 1.19 bits per heavy atom. The van der Waals surface area contributed by atoms with Gasteiger partial charge < -0.3 is 10.1 Å². The fraction of sp³-hybridized carbons (Fsp3) is 0.100. The SMILES string of the molecule is COc1cccc(/C=C/C(=O)c2sc(Nc3ccc(Cl)c(Cl)c3)nc2C)c1. The zero-order valence-electron chi connectivity index (χ0n) is 14.6. The Kier molecular flexibility index (Phi) is 6.16. The van der Waals surface area contributed by atoms with Crippen LogP contribution in [-0.2, 0) is 0 Å². The van der Waals surface area contributed by atoms with Gasteiger partial charge in [-0.2, -0.15) is 0 Å². The van der Waals surface area contributed by atoms with E-state index < -0.39 is 0 Å². The third kappa shape index (κ3) is 4.89. The number of nitrogens with zero attached hydrogens (tertiary/aromatic N) is 1. The van der Waals surface area contributed by atoms with Crippen LogP contribution in [0.4, 0.5) is 10.8 Å². The smallest absolute Gasteiger partial charge is 0.197 e. The van der Waals surface area contributed by atoms with Crippen molar-refractivity contribution in [1.82, 2.24) is 4.98 Å². The number of aromatic nitrogens is 1. The van der Waals surface area contributed by atoms with Crippen LogP contribution in [0.1, 0.15) is 20.9 Å². The minimum absolute atomic E-state index is 0.102. The second kappa shape index (κ2) is 8.57. The summed E-state index contributed by atoms with van der Waals surface area (Å²) in [5.74, 6) is 0.640. The van der Waals surface area contributed by atoms with E-state index in [1.165, 1.54) is 17.4 Å². The van der Waals surface area contributed by atoms with Crippen LogP contribution in [0.5, 0.6) is 5.75 Å². The molecule has 4 nitrogen and oxygen atoms in total. The molecule has 0 saturated heterocycles. The Morgan fingerprint density at radius 2 is 2.00 bits per heavy atom. The predicted molar refractivity (Wildman–Crippen MR) is 113 cm³/mol. The summed E-state index contributed by atoms with van der Waals surface area (Å²) in [7, 11) is 1.61. The molecule has 0 aliphatic rings. The summed E-state index contributed by atoms with van der Waals surface area (Å²) >= 11 is 13.2. The molecule has 1 heterocycles. The zero-order valence-corrected chi connectivity index (χ0v) is 17.0. The van der Waals surface area contributed by atoms with E-state index in [4.69, 9.17) is 27.9 Å². The Bertz CT molecular complexity index is 1010. The van der Waals surface area contributed by atoms with Crippen LogP contribution in [-0.4, -0.2) is 17.9 Å². The average Bonchev–Trinajstić information content (AvgIpc) is 3.03. The number of ketones is 1. The van der Waals surface area contributed by atoms with Crippen LogP contribution in [0.2, 0.25) is 10.0 Å². The molecule has 0 atom stereocenters. The monoisotopic (exact) mass is 418 g/mol. The maximum Gasteiger partial charge on any atom is 0.197 e. The van der Waals surface area contributed by atoms with E-state index in [2.05, 4.69) is 10.3 Å². The number of nitrogens with one attached hydrogen (secondary N) is 1. The number of hydrogen-bond donors (Lipinski definition) is 1. The van der Waals surface area contributed by atoms with Crippen LogP contribution < -0.4 is 10.1 Å². The molecule has 0 fully saturated rings. The quantitative estimate of drug-likeness (QED) is 0.371. The number of rotatable bonds is 6. The standard InChI is InChI=1S/C20H16Cl2N2O2S/c1-12-19(18(25)9-6-13-4-3-5-15(10-13)26-2)27-20(23-12)24-14-7-8-16(21)17(22)11-14/h3-11H,1-2H3,(H,23,24)/b9-6+. The lowest BCUT2D eigenvalue weighted by Crippen LogP contribution is -1.93. The summed E-state index contributed by atoms with van der Waals surface area (Å²) in [5.41, 5.74) is 2.31. The highest BCUT2D eigenvalue weighted by molar-refractivity contribution is 7.17. The van der Waals surface area contributed by atoms with Crippen LogP contribution >= 0.6 is 34.5 Å². The fourth-order valence-corrected chi connectivity index (χ4v) is 3.57. The van der Waals surface area contributed by atoms with Gasteiger partial charge in [-0.25, -0.2) is 4.98 Å². The molecule has 0 saturated carbocycles. The van der Waals surface area contributed by atoms with E-state index in [1.54, 1.807) is 31.4 Å². The molecule has 0 aliphatic heterocycles. The first kappa shape index (κ1) is 19.4. The molecule has 1 aromatic heterocycles. The minimum Gasteiger partial charge on any atom is -0.497 e. The van der Waals surface area contributed by atoms with Crippen molar-refractivity contribution >= 4 is 57.2 Å². The first-order chi connectivity index (χ1) is 13.0. The molecule has 0 unspecified atom stereocenters. The molecule has 7 heteroatoms. The van der Waals surface area contributed by atoms with Crippen molar-refractivity contribution in [1.29, 1.82) is 0 Å². The molecule has 0 amide bonds. The van der Waals surface area contributed by atoms with Crippen molar-refractivity contribution in [2.24, 2.45) is 0 Å². The van der Waals surface area contributed by atoms with Crippen molar-refractivity contribution in [3.8, 4) is 5.75 Å². The fourth-order valence-electron chi connectivity index (χ4n) is 2.37. The van der Waals surface area contributed by atoms with Crippen molar-refractivity contribution in [3.05, 3.63) is 74.7 Å². The molecular weight excluding hydrogens is 403 g/mol. The van der Waals surface area contributed by atoms with Gasteiger partial charge in [-0.1, -0.05) is 52.7 Å². The topological polar surface area (TPSA) is 51.2 Å². The number of allylic oxidation sites excluding steroid dienone is 1. The van der Waals surface area contributed by atoms with Crippen molar-refractivity contribution < 1.29 is 9.53 Å². The lowest BCUT2D eigenvalue weighted by atomic mass is 10.1. The molecule has 138 valence electrons. The largest absolute Gasteiger partial charge is 0.497 e. The summed E-state index contributed by atoms with van der Waals surface area (Å²) in [6.45, 7) is 1.81. The molecule has 0 aliphatic carbocycles. The van der Waals surface area contributed by atoms with Crippen LogP contribution in [0.25, 0.3) is 6.08 Å². The third-order valence-corrected chi connectivity index (χ3v) is 5.54. The summed E-state index contributed by atoms with van der Waals surface area (Å²) < 4.78 is 5.19. The van der Waals surface area contributed by atoms with Gasteiger partial charge in [-0.3, -0.25) is 4.79 Å². The summed E-state index contributed by atoms with van der Waals surface area (Å²) in [4.78, 5) is 17.5. The maximum atomic E-state index is 12.5. The Labute approximate surface area is 171 Å². The zero-order chi connectivity index (χ0) is 19.4. The van der Waals surface area contributed by atoms with Crippen LogP contribution in [0, 0.1) is 6.92 Å². The van der Waals surface area contributed by atoms with Crippen molar-refractivity contribution in [2.45, 2.75) is 6.92 Å². The summed E-state index contributed by atoms with van der Waals surface area (Å²) in [6, 6.07) is 12.7. The second-order valence-corrected chi connectivity index (χ2v) is 7.48. The van der Waals surface area contributed by atoms with E-state index in [9.17, 15) is 4.79 Å². The summed E-state index contributed by atoms with van der Waals surface area (Å²) in [5, 5.41) is 4.70. The molecule has 1 N–H and O–H groups in total. The molecule has 2 aromatic carbocycles. The molecule has 3 rings (SSSR count). The van der Waals surface area contributed by atoms with E-state index in [1.807, 2.05) is 31.2 Å². The van der Waals surface area contributed by atoms with E-state index in [-0.39, 0.29) is 5.78 Å². The number of carbonyl (C=O) groups excluding carboxylic acids is 1.